The maximum absolute atomic E-state index is 13.4. The number of fused-ring (bicyclic) bond motifs is 1. The summed E-state index contributed by atoms with van der Waals surface area (Å²) in [4.78, 5) is 30.1. The van der Waals surface area contributed by atoms with E-state index in [0.717, 1.165) is 11.0 Å². The van der Waals surface area contributed by atoms with Gasteiger partial charge < -0.3 is 4.74 Å². The van der Waals surface area contributed by atoms with Gasteiger partial charge >= 0.3 is 12.3 Å². The van der Waals surface area contributed by atoms with Crippen LogP contribution in [0.1, 0.15) is 33.3 Å². The lowest BCUT2D eigenvalue weighted by molar-refractivity contribution is -0.137. The van der Waals surface area contributed by atoms with Gasteiger partial charge in [0.2, 0.25) is 11.9 Å². The average Bonchev–Trinajstić information content (AvgIpc) is 3.12. The number of ether oxygens (including phenoxy) is 1. The molecule has 0 radical (unpaired) electrons. The van der Waals surface area contributed by atoms with Crippen LogP contribution in [0, 0.1) is 0 Å². The molecular weight excluding hydrogens is 439 g/mol. The second-order valence-corrected chi connectivity index (χ2v) is 8.46. The summed E-state index contributed by atoms with van der Waals surface area (Å²) in [5, 5.41) is 6.65. The Bertz CT molecular complexity index is 1180. The van der Waals surface area contributed by atoms with Crippen LogP contribution in [-0.4, -0.2) is 50.2 Å². The minimum absolute atomic E-state index is 0.000549. The Balaban J connectivity index is 1.80. The fourth-order valence-electron chi connectivity index (χ4n) is 2.96. The minimum Gasteiger partial charge on any atom is -0.444 e. The van der Waals surface area contributed by atoms with Gasteiger partial charge in [-0.05, 0) is 51.5 Å². The molecule has 0 spiro atoms. The molecule has 0 fully saturated rings. The van der Waals surface area contributed by atoms with Gasteiger partial charge in [0.1, 0.15) is 11.6 Å². The van der Waals surface area contributed by atoms with Crippen LogP contribution in [0.2, 0.25) is 0 Å². The molecule has 0 saturated heterocycles. The van der Waals surface area contributed by atoms with Crippen LogP contribution >= 0.6 is 0 Å². The number of pyridine rings is 1. The number of benzene rings is 1. The lowest BCUT2D eigenvalue weighted by Crippen LogP contribution is -2.45. The Morgan fingerprint density at radius 3 is 2.42 bits per heavy atom. The summed E-state index contributed by atoms with van der Waals surface area (Å²) in [6, 6.07) is 7.34. The van der Waals surface area contributed by atoms with E-state index >= 15 is 0 Å². The third kappa shape index (κ3) is 5.60. The van der Waals surface area contributed by atoms with Gasteiger partial charge in [-0.2, -0.15) is 18.2 Å². The highest BCUT2D eigenvalue weighted by molar-refractivity contribution is 5.95. The van der Waals surface area contributed by atoms with Gasteiger partial charge in [-0.1, -0.05) is 18.2 Å². The summed E-state index contributed by atoms with van der Waals surface area (Å²) in [5.41, 5.74) is -0.867. The minimum atomic E-state index is -4.51. The van der Waals surface area contributed by atoms with Crippen molar-refractivity contribution in [1.82, 2.24) is 19.5 Å². The third-order valence-electron chi connectivity index (χ3n) is 4.75. The van der Waals surface area contributed by atoms with Gasteiger partial charge in [-0.15, -0.1) is 5.10 Å². The molecule has 0 aliphatic rings. The van der Waals surface area contributed by atoms with Crippen LogP contribution in [0.3, 0.4) is 0 Å². The maximum Gasteiger partial charge on any atom is 0.417 e. The molecule has 0 saturated carbocycles. The molecule has 0 aliphatic heterocycles. The molecule has 1 atom stereocenters. The summed E-state index contributed by atoms with van der Waals surface area (Å²) in [6.07, 6.45) is -3.77. The fraction of sp³-hybridized carbons (Fsp3) is 0.364. The monoisotopic (exact) mass is 463 g/mol. The van der Waals surface area contributed by atoms with E-state index in [-0.39, 0.29) is 17.1 Å². The fourth-order valence-corrected chi connectivity index (χ4v) is 2.96. The number of alkyl halides is 3. The van der Waals surface area contributed by atoms with E-state index in [1.165, 1.54) is 55.0 Å². The van der Waals surface area contributed by atoms with Crippen molar-refractivity contribution in [3.05, 3.63) is 48.2 Å². The van der Waals surface area contributed by atoms with Crippen molar-refractivity contribution in [2.75, 3.05) is 12.4 Å². The number of carbonyl (C=O) groups excluding carboxylic acids is 2. The smallest absolute Gasteiger partial charge is 0.417 e. The molecule has 33 heavy (non-hydrogen) atoms. The van der Waals surface area contributed by atoms with E-state index < -0.39 is 35.4 Å². The van der Waals surface area contributed by atoms with E-state index in [9.17, 15) is 22.8 Å². The number of aromatic nitrogens is 3. The normalized spacial score (nSPS) is 13.0. The maximum atomic E-state index is 13.4. The largest absolute Gasteiger partial charge is 0.444 e. The highest BCUT2D eigenvalue weighted by atomic mass is 19.4. The molecule has 0 aliphatic carbocycles. The second-order valence-electron chi connectivity index (χ2n) is 8.46. The number of carbonyl (C=O) groups is 2. The van der Waals surface area contributed by atoms with E-state index in [1.54, 1.807) is 20.8 Å². The molecule has 1 N–H and O–H groups in total. The molecule has 3 aromatic rings. The van der Waals surface area contributed by atoms with E-state index in [1.807, 2.05) is 0 Å². The Hall–Kier alpha value is -3.63. The lowest BCUT2D eigenvalue weighted by atomic mass is 10.0. The standard InChI is InChI=1S/C22H24F3N5O3/c1-13(29(5)20(32)33-21(2,3)4)18(31)27-19-26-17-11-10-14(12-30(17)28-19)15-8-6-7-9-16(15)22(23,24)25/h6-13H,1-5H3,(H,27,28,31)/t13-/m0/s1. The predicted molar refractivity (Wildman–Crippen MR) is 116 cm³/mol. The summed E-state index contributed by atoms with van der Waals surface area (Å²) in [5.74, 6) is -0.604. The van der Waals surface area contributed by atoms with Crippen molar-refractivity contribution in [3.8, 4) is 11.1 Å². The highest BCUT2D eigenvalue weighted by Crippen LogP contribution is 2.36. The number of nitrogens with one attached hydrogen (secondary N) is 1. The third-order valence-corrected chi connectivity index (χ3v) is 4.75. The van der Waals surface area contributed by atoms with Gasteiger partial charge in [0, 0.05) is 18.8 Å². The predicted octanol–water partition coefficient (Wildman–Crippen LogP) is 4.61. The number of likely N-dealkylation sites (N-methyl/N-ethyl adjacent to an activating group) is 1. The molecule has 2 aromatic heterocycles. The van der Waals surface area contributed by atoms with Crippen LogP contribution in [0.25, 0.3) is 16.8 Å². The Morgan fingerprint density at radius 2 is 1.79 bits per heavy atom. The number of nitrogens with zero attached hydrogens (tertiary/aromatic N) is 4. The number of rotatable bonds is 4. The molecule has 176 valence electrons. The summed E-state index contributed by atoms with van der Waals surface area (Å²) < 4.78 is 46.6. The molecule has 2 amide bonds. The molecule has 0 bridgehead atoms. The lowest BCUT2D eigenvalue weighted by Gasteiger charge is -2.27. The number of amides is 2. The first-order valence-corrected chi connectivity index (χ1v) is 10.1. The van der Waals surface area contributed by atoms with Crippen molar-refractivity contribution in [1.29, 1.82) is 0 Å². The number of hydrogen-bond donors (Lipinski definition) is 1. The Labute approximate surface area is 188 Å². The van der Waals surface area contributed by atoms with Gasteiger partial charge in [0.05, 0.1) is 5.56 Å². The zero-order chi connectivity index (χ0) is 24.6. The first-order valence-electron chi connectivity index (χ1n) is 10.1. The SMILES string of the molecule is C[C@@H](C(=O)Nc1nc2ccc(-c3ccccc3C(F)(F)F)cn2n1)N(C)C(=O)OC(C)(C)C. The highest BCUT2D eigenvalue weighted by Gasteiger charge is 2.33. The zero-order valence-corrected chi connectivity index (χ0v) is 18.8. The van der Waals surface area contributed by atoms with Crippen LogP contribution in [0.4, 0.5) is 23.9 Å². The van der Waals surface area contributed by atoms with Crippen molar-refractivity contribution in [3.63, 3.8) is 0 Å². The molecule has 2 heterocycles. The topological polar surface area (TPSA) is 88.8 Å². The van der Waals surface area contributed by atoms with Gasteiger partial charge in [-0.3, -0.25) is 15.0 Å². The van der Waals surface area contributed by atoms with Gasteiger partial charge in [-0.25, -0.2) is 9.31 Å². The Kier molecular flexibility index (Phi) is 6.35. The molecule has 8 nitrogen and oxygen atoms in total. The Morgan fingerprint density at radius 1 is 1.12 bits per heavy atom. The summed E-state index contributed by atoms with van der Waals surface area (Å²) >= 11 is 0. The van der Waals surface area contributed by atoms with Crippen molar-refractivity contribution in [2.24, 2.45) is 0 Å². The van der Waals surface area contributed by atoms with Crippen molar-refractivity contribution < 1.29 is 27.5 Å². The van der Waals surface area contributed by atoms with E-state index in [0.29, 0.717) is 5.65 Å². The zero-order valence-electron chi connectivity index (χ0n) is 18.8. The van der Waals surface area contributed by atoms with Crippen LogP contribution in [-0.2, 0) is 15.7 Å². The van der Waals surface area contributed by atoms with E-state index in [2.05, 4.69) is 15.4 Å². The number of anilines is 1. The second kappa shape index (κ2) is 8.72. The van der Waals surface area contributed by atoms with E-state index in [4.69, 9.17) is 4.74 Å². The van der Waals surface area contributed by atoms with Crippen molar-refractivity contribution >= 4 is 23.6 Å². The van der Waals surface area contributed by atoms with Gasteiger partial charge in [0.25, 0.3) is 0 Å². The van der Waals surface area contributed by atoms with Gasteiger partial charge in [0.15, 0.2) is 5.65 Å². The number of halogens is 3. The average molecular weight is 463 g/mol. The summed E-state index contributed by atoms with van der Waals surface area (Å²) in [6.45, 7) is 6.66. The van der Waals surface area contributed by atoms with Crippen LogP contribution in [0.5, 0.6) is 0 Å². The first-order chi connectivity index (χ1) is 15.3. The molecule has 1 aromatic carbocycles. The number of hydrogen-bond acceptors (Lipinski definition) is 5. The molecule has 11 heteroatoms. The molecular formula is C22H24F3N5O3. The molecule has 0 unspecified atom stereocenters. The van der Waals surface area contributed by atoms with Crippen LogP contribution < -0.4 is 5.32 Å². The van der Waals surface area contributed by atoms with Crippen LogP contribution in [0.15, 0.2) is 42.6 Å². The quantitative estimate of drug-likeness (QED) is 0.611. The van der Waals surface area contributed by atoms with Crippen molar-refractivity contribution in [2.45, 2.75) is 45.5 Å². The molecule has 3 rings (SSSR count). The first kappa shape index (κ1) is 24.0. The summed E-state index contributed by atoms with van der Waals surface area (Å²) in [7, 11) is 1.43.